The Morgan fingerprint density at radius 2 is 1.87 bits per heavy atom. The van der Waals surface area contributed by atoms with Crippen molar-refractivity contribution in [1.82, 2.24) is 14.7 Å². The van der Waals surface area contributed by atoms with Gasteiger partial charge >= 0.3 is 0 Å². The van der Waals surface area contributed by atoms with Crippen LogP contribution in [0.15, 0.2) is 41.2 Å². The molecule has 120 valence electrons. The third-order valence-corrected chi connectivity index (χ3v) is 4.99. The van der Waals surface area contributed by atoms with Crippen LogP contribution < -0.4 is 5.56 Å². The predicted octanol–water partition coefficient (Wildman–Crippen LogP) is 2.25. The highest BCUT2D eigenvalue weighted by Gasteiger charge is 2.27. The summed E-state index contributed by atoms with van der Waals surface area (Å²) in [6.07, 6.45) is 4.44. The van der Waals surface area contributed by atoms with Gasteiger partial charge in [0.05, 0.1) is 12.2 Å². The maximum absolute atomic E-state index is 12.2. The van der Waals surface area contributed by atoms with E-state index in [-0.39, 0.29) is 5.56 Å². The summed E-state index contributed by atoms with van der Waals surface area (Å²) in [7, 11) is 0. The van der Waals surface area contributed by atoms with Gasteiger partial charge in [0.1, 0.15) is 0 Å². The average Bonchev–Trinajstić information content (AvgIpc) is 2.54. The zero-order chi connectivity index (χ0) is 15.6. The lowest BCUT2D eigenvalue weighted by Crippen LogP contribution is -2.49. The smallest absolute Gasteiger partial charge is 0.267 e. The number of likely N-dealkylation sites (tertiary alicyclic amines) is 1. The Kier molecular flexibility index (Phi) is 4.00. The van der Waals surface area contributed by atoms with E-state index in [4.69, 9.17) is 0 Å². The molecule has 2 aliphatic rings. The van der Waals surface area contributed by atoms with Crippen LogP contribution in [0.2, 0.25) is 0 Å². The first-order valence-corrected chi connectivity index (χ1v) is 8.64. The molecule has 0 bridgehead atoms. The van der Waals surface area contributed by atoms with Gasteiger partial charge in [0.15, 0.2) is 0 Å². The number of aromatic nitrogens is 2. The molecular formula is C19H23N3O. The summed E-state index contributed by atoms with van der Waals surface area (Å²) < 4.78 is 1.70. The Hall–Kier alpha value is -1.94. The average molecular weight is 309 g/mol. The highest BCUT2D eigenvalue weighted by Crippen LogP contribution is 2.21. The first-order valence-electron chi connectivity index (χ1n) is 8.64. The number of hydrogen-bond donors (Lipinski definition) is 0. The van der Waals surface area contributed by atoms with Crippen molar-refractivity contribution in [2.45, 2.75) is 38.8 Å². The van der Waals surface area contributed by atoms with Gasteiger partial charge in [-0.05, 0) is 36.8 Å². The van der Waals surface area contributed by atoms with Gasteiger partial charge in [-0.15, -0.1) is 0 Å². The summed E-state index contributed by atoms with van der Waals surface area (Å²) >= 11 is 0. The molecule has 0 saturated carbocycles. The largest absolute Gasteiger partial charge is 0.298 e. The molecule has 1 aliphatic heterocycles. The molecule has 23 heavy (non-hydrogen) atoms. The van der Waals surface area contributed by atoms with Gasteiger partial charge < -0.3 is 0 Å². The van der Waals surface area contributed by atoms with E-state index < -0.39 is 0 Å². The summed E-state index contributed by atoms with van der Waals surface area (Å²) in [4.78, 5) is 14.7. The van der Waals surface area contributed by atoms with Crippen molar-refractivity contribution in [3.8, 4) is 0 Å². The van der Waals surface area contributed by atoms with Crippen molar-refractivity contribution in [3.05, 3.63) is 63.6 Å². The fraction of sp³-hybridized carbons (Fsp3) is 0.474. The fourth-order valence-corrected chi connectivity index (χ4v) is 3.74. The summed E-state index contributed by atoms with van der Waals surface area (Å²) in [5.74, 6) is 0.547. The van der Waals surface area contributed by atoms with Crippen LogP contribution in [0, 0.1) is 5.92 Å². The number of fused-ring (bicyclic) bond motifs is 1. The van der Waals surface area contributed by atoms with Crippen LogP contribution in [0.3, 0.4) is 0 Å². The minimum atomic E-state index is 0.0761. The second-order valence-corrected chi connectivity index (χ2v) is 6.89. The maximum Gasteiger partial charge on any atom is 0.267 e. The van der Waals surface area contributed by atoms with Gasteiger partial charge in [-0.1, -0.05) is 30.3 Å². The van der Waals surface area contributed by atoms with E-state index in [2.05, 4.69) is 40.3 Å². The van der Waals surface area contributed by atoms with E-state index in [1.165, 1.54) is 24.0 Å². The normalized spacial score (nSPS) is 18.4. The second-order valence-electron chi connectivity index (χ2n) is 6.89. The first-order chi connectivity index (χ1) is 11.3. The van der Waals surface area contributed by atoms with Gasteiger partial charge in [0.2, 0.25) is 0 Å². The molecule has 0 N–H and O–H groups in total. The van der Waals surface area contributed by atoms with E-state index >= 15 is 0 Å². The molecule has 1 aliphatic carbocycles. The van der Waals surface area contributed by atoms with Crippen LogP contribution in [0.1, 0.15) is 29.7 Å². The molecule has 4 heteroatoms. The summed E-state index contributed by atoms with van der Waals surface area (Å²) in [6, 6.07) is 12.4. The molecular weight excluding hydrogens is 286 g/mol. The van der Waals surface area contributed by atoms with Crippen molar-refractivity contribution in [2.75, 3.05) is 13.1 Å². The lowest BCUT2D eigenvalue weighted by atomic mass is 9.96. The van der Waals surface area contributed by atoms with Crippen molar-refractivity contribution >= 4 is 0 Å². The molecule has 2 heterocycles. The zero-order valence-corrected chi connectivity index (χ0v) is 13.4. The van der Waals surface area contributed by atoms with Crippen molar-refractivity contribution in [3.63, 3.8) is 0 Å². The molecule has 4 rings (SSSR count). The van der Waals surface area contributed by atoms with Crippen LogP contribution in [0.4, 0.5) is 0 Å². The van der Waals surface area contributed by atoms with Gasteiger partial charge in [-0.3, -0.25) is 9.69 Å². The Bertz CT molecular complexity index is 732. The quantitative estimate of drug-likeness (QED) is 0.869. The van der Waals surface area contributed by atoms with E-state index in [9.17, 15) is 4.79 Å². The lowest BCUT2D eigenvalue weighted by Gasteiger charge is -2.39. The minimum absolute atomic E-state index is 0.0761. The second kappa shape index (κ2) is 6.28. The minimum Gasteiger partial charge on any atom is -0.298 e. The Balaban J connectivity index is 1.36. The standard InChI is InChI=1S/C19H23N3O/c23-19-10-17-8-4-5-9-18(17)20-22(19)14-16-12-21(13-16)11-15-6-2-1-3-7-15/h1-3,6-7,10,16H,4-5,8-9,11-14H2. The zero-order valence-electron chi connectivity index (χ0n) is 13.4. The molecule has 0 radical (unpaired) electrons. The van der Waals surface area contributed by atoms with Gasteiger partial charge in [-0.25, -0.2) is 4.68 Å². The highest BCUT2D eigenvalue weighted by atomic mass is 16.1. The van der Waals surface area contributed by atoms with Gasteiger partial charge in [-0.2, -0.15) is 5.10 Å². The number of aryl methyl sites for hydroxylation is 2. The van der Waals surface area contributed by atoms with Crippen LogP contribution >= 0.6 is 0 Å². The molecule has 0 amide bonds. The molecule has 1 aromatic heterocycles. The Labute approximate surface area is 136 Å². The molecule has 0 atom stereocenters. The number of hydrogen-bond acceptors (Lipinski definition) is 3. The van der Waals surface area contributed by atoms with Gasteiger partial charge in [0, 0.05) is 31.6 Å². The summed E-state index contributed by atoms with van der Waals surface area (Å²) in [6.45, 7) is 3.88. The van der Waals surface area contributed by atoms with Crippen LogP contribution in [-0.4, -0.2) is 27.8 Å². The summed E-state index contributed by atoms with van der Waals surface area (Å²) in [5.41, 5.74) is 3.76. The van der Waals surface area contributed by atoms with Crippen molar-refractivity contribution in [1.29, 1.82) is 0 Å². The Morgan fingerprint density at radius 1 is 1.09 bits per heavy atom. The lowest BCUT2D eigenvalue weighted by molar-refractivity contribution is 0.0764. The van der Waals surface area contributed by atoms with E-state index in [1.807, 2.05) is 6.07 Å². The van der Waals surface area contributed by atoms with Gasteiger partial charge in [0.25, 0.3) is 5.56 Å². The van der Waals surface area contributed by atoms with E-state index in [0.717, 1.165) is 44.7 Å². The SMILES string of the molecule is O=c1cc2c(nn1CC1CN(Cc3ccccc3)C1)CCCC2. The van der Waals surface area contributed by atoms with Crippen LogP contribution in [0.25, 0.3) is 0 Å². The van der Waals surface area contributed by atoms with E-state index in [0.29, 0.717) is 5.92 Å². The van der Waals surface area contributed by atoms with Crippen LogP contribution in [0.5, 0.6) is 0 Å². The summed E-state index contributed by atoms with van der Waals surface area (Å²) in [5, 5.41) is 4.63. The van der Waals surface area contributed by atoms with Crippen LogP contribution in [-0.2, 0) is 25.9 Å². The molecule has 0 spiro atoms. The number of benzene rings is 1. The molecule has 1 fully saturated rings. The van der Waals surface area contributed by atoms with Crippen molar-refractivity contribution < 1.29 is 0 Å². The monoisotopic (exact) mass is 309 g/mol. The number of rotatable bonds is 4. The molecule has 0 unspecified atom stereocenters. The van der Waals surface area contributed by atoms with Crippen molar-refractivity contribution in [2.24, 2.45) is 5.92 Å². The number of nitrogens with zero attached hydrogens (tertiary/aromatic N) is 3. The topological polar surface area (TPSA) is 38.1 Å². The first kappa shape index (κ1) is 14.6. The van der Waals surface area contributed by atoms with E-state index in [1.54, 1.807) is 4.68 Å². The molecule has 1 saturated heterocycles. The third-order valence-electron chi connectivity index (χ3n) is 4.99. The Morgan fingerprint density at radius 3 is 2.70 bits per heavy atom. The molecule has 4 nitrogen and oxygen atoms in total. The third kappa shape index (κ3) is 3.22. The molecule has 1 aromatic carbocycles. The fourth-order valence-electron chi connectivity index (χ4n) is 3.74. The molecule has 2 aromatic rings. The highest BCUT2D eigenvalue weighted by molar-refractivity contribution is 5.20. The maximum atomic E-state index is 12.2. The predicted molar refractivity (Wildman–Crippen MR) is 90.3 cm³/mol.